The lowest BCUT2D eigenvalue weighted by Gasteiger charge is -2.16. The molecule has 1 aliphatic carbocycles. The lowest BCUT2D eigenvalue weighted by atomic mass is 9.90. The Morgan fingerprint density at radius 1 is 1.22 bits per heavy atom. The summed E-state index contributed by atoms with van der Waals surface area (Å²) in [6.07, 6.45) is 8.09. The van der Waals surface area contributed by atoms with Crippen molar-refractivity contribution < 1.29 is 4.79 Å². The second-order valence-electron chi connectivity index (χ2n) is 4.74. The average Bonchev–Trinajstić information content (AvgIpc) is 2.40. The van der Waals surface area contributed by atoms with Crippen LogP contribution >= 0.6 is 0 Å². The van der Waals surface area contributed by atoms with Crippen molar-refractivity contribution >= 4 is 17.8 Å². The predicted molar refractivity (Wildman–Crippen MR) is 73.4 cm³/mol. The Hall–Kier alpha value is -1.84. The second-order valence-corrected chi connectivity index (χ2v) is 4.74. The largest absolute Gasteiger partial charge is 0.399 e. The first-order chi connectivity index (χ1) is 8.75. The third-order valence-corrected chi connectivity index (χ3v) is 3.27. The average molecular weight is 245 g/mol. The number of amides is 1. The van der Waals surface area contributed by atoms with Crippen LogP contribution in [0.15, 0.2) is 29.4 Å². The summed E-state index contributed by atoms with van der Waals surface area (Å²) in [7, 11) is 0. The van der Waals surface area contributed by atoms with E-state index in [2.05, 4.69) is 10.5 Å². The molecule has 2 rings (SSSR count). The van der Waals surface area contributed by atoms with Crippen molar-refractivity contribution in [1.82, 2.24) is 5.43 Å². The minimum absolute atomic E-state index is 0.193. The third kappa shape index (κ3) is 3.58. The van der Waals surface area contributed by atoms with E-state index in [1.54, 1.807) is 24.3 Å². The van der Waals surface area contributed by atoms with Crippen molar-refractivity contribution in [2.75, 3.05) is 5.73 Å². The summed E-state index contributed by atoms with van der Waals surface area (Å²) in [4.78, 5) is 11.7. The van der Waals surface area contributed by atoms with E-state index in [1.807, 2.05) is 6.21 Å². The first-order valence-corrected chi connectivity index (χ1v) is 6.45. The van der Waals surface area contributed by atoms with Crippen LogP contribution < -0.4 is 11.2 Å². The van der Waals surface area contributed by atoms with Crippen molar-refractivity contribution in [2.24, 2.45) is 11.0 Å². The third-order valence-electron chi connectivity index (χ3n) is 3.27. The topological polar surface area (TPSA) is 67.5 Å². The highest BCUT2D eigenvalue weighted by atomic mass is 16.2. The number of nitrogens with zero attached hydrogens (tertiary/aromatic N) is 1. The number of hydrogen-bond donors (Lipinski definition) is 2. The molecule has 0 heterocycles. The normalized spacial score (nSPS) is 16.9. The van der Waals surface area contributed by atoms with Gasteiger partial charge in [-0.25, -0.2) is 5.43 Å². The molecule has 0 unspecified atom stereocenters. The SMILES string of the molecule is Nc1ccc(C(=O)N/N=C/C2CCCCC2)cc1. The van der Waals surface area contributed by atoms with Crippen molar-refractivity contribution in [1.29, 1.82) is 0 Å². The molecule has 0 bridgehead atoms. The van der Waals surface area contributed by atoms with E-state index in [4.69, 9.17) is 5.73 Å². The Labute approximate surface area is 107 Å². The zero-order valence-electron chi connectivity index (χ0n) is 10.4. The second kappa shape index (κ2) is 6.19. The lowest BCUT2D eigenvalue weighted by Crippen LogP contribution is -2.19. The van der Waals surface area contributed by atoms with Gasteiger partial charge in [-0.1, -0.05) is 19.3 Å². The van der Waals surface area contributed by atoms with Gasteiger partial charge in [0.25, 0.3) is 5.91 Å². The van der Waals surface area contributed by atoms with Gasteiger partial charge in [-0.3, -0.25) is 4.79 Å². The van der Waals surface area contributed by atoms with Gasteiger partial charge >= 0.3 is 0 Å². The minimum Gasteiger partial charge on any atom is -0.399 e. The number of carbonyl (C=O) groups excluding carboxylic acids is 1. The van der Waals surface area contributed by atoms with E-state index in [1.165, 1.54) is 32.1 Å². The number of rotatable bonds is 3. The van der Waals surface area contributed by atoms with Crippen LogP contribution in [0.4, 0.5) is 5.69 Å². The van der Waals surface area contributed by atoms with Crippen molar-refractivity contribution in [2.45, 2.75) is 32.1 Å². The van der Waals surface area contributed by atoms with Crippen molar-refractivity contribution in [3.05, 3.63) is 29.8 Å². The molecule has 1 saturated carbocycles. The number of benzene rings is 1. The van der Waals surface area contributed by atoms with Gasteiger partial charge in [0.05, 0.1) is 0 Å². The molecule has 1 aromatic rings. The van der Waals surface area contributed by atoms with Gasteiger partial charge in [0, 0.05) is 17.5 Å². The highest BCUT2D eigenvalue weighted by molar-refractivity contribution is 5.94. The van der Waals surface area contributed by atoms with Gasteiger partial charge in [0.2, 0.25) is 0 Å². The molecule has 4 nitrogen and oxygen atoms in total. The highest BCUT2D eigenvalue weighted by Crippen LogP contribution is 2.21. The number of carbonyl (C=O) groups is 1. The first kappa shape index (κ1) is 12.6. The number of hydrogen-bond acceptors (Lipinski definition) is 3. The van der Waals surface area contributed by atoms with Gasteiger partial charge in [0.1, 0.15) is 0 Å². The summed E-state index contributed by atoms with van der Waals surface area (Å²) in [6.45, 7) is 0. The van der Waals surface area contributed by atoms with E-state index in [0.29, 0.717) is 17.2 Å². The van der Waals surface area contributed by atoms with Crippen LogP contribution in [-0.2, 0) is 0 Å². The molecule has 1 fully saturated rings. The predicted octanol–water partition coefficient (Wildman–Crippen LogP) is 2.56. The summed E-state index contributed by atoms with van der Waals surface area (Å²) in [5, 5.41) is 4.04. The molecule has 0 radical (unpaired) electrons. The molecule has 4 heteroatoms. The monoisotopic (exact) mass is 245 g/mol. The molecular weight excluding hydrogens is 226 g/mol. The Kier molecular flexibility index (Phi) is 4.34. The molecular formula is C14H19N3O. The zero-order valence-corrected chi connectivity index (χ0v) is 10.4. The maximum atomic E-state index is 11.7. The lowest BCUT2D eigenvalue weighted by molar-refractivity contribution is 0.0955. The Balaban J connectivity index is 1.83. The number of hydrazone groups is 1. The summed E-state index contributed by atoms with van der Waals surface area (Å²) in [6, 6.07) is 6.81. The molecule has 3 N–H and O–H groups in total. The maximum absolute atomic E-state index is 11.7. The maximum Gasteiger partial charge on any atom is 0.271 e. The van der Waals surface area contributed by atoms with E-state index >= 15 is 0 Å². The molecule has 18 heavy (non-hydrogen) atoms. The van der Waals surface area contributed by atoms with Crippen LogP contribution in [0.2, 0.25) is 0 Å². The van der Waals surface area contributed by atoms with Gasteiger partial charge < -0.3 is 5.73 Å². The molecule has 1 amide bonds. The summed E-state index contributed by atoms with van der Waals surface area (Å²) < 4.78 is 0. The smallest absolute Gasteiger partial charge is 0.271 e. The van der Waals surface area contributed by atoms with Crippen LogP contribution in [0.3, 0.4) is 0 Å². The minimum atomic E-state index is -0.193. The molecule has 1 aromatic carbocycles. The highest BCUT2D eigenvalue weighted by Gasteiger charge is 2.10. The van der Waals surface area contributed by atoms with Gasteiger partial charge in [0.15, 0.2) is 0 Å². The zero-order chi connectivity index (χ0) is 12.8. The molecule has 1 aliphatic rings. The Bertz CT molecular complexity index is 419. The standard InChI is InChI=1S/C14H19N3O/c15-13-8-6-12(7-9-13)14(18)17-16-10-11-4-2-1-3-5-11/h6-11H,1-5,15H2,(H,17,18)/b16-10+. The van der Waals surface area contributed by atoms with Gasteiger partial charge in [-0.05, 0) is 43.0 Å². The molecule has 0 atom stereocenters. The van der Waals surface area contributed by atoms with Crippen LogP contribution in [0.1, 0.15) is 42.5 Å². The summed E-state index contributed by atoms with van der Waals surface area (Å²) in [5.74, 6) is 0.326. The first-order valence-electron chi connectivity index (χ1n) is 6.45. The number of nitrogens with two attached hydrogens (primary N) is 1. The number of nitrogen functional groups attached to an aromatic ring is 1. The summed E-state index contributed by atoms with van der Waals surface area (Å²) >= 11 is 0. The van der Waals surface area contributed by atoms with Crippen molar-refractivity contribution in [3.63, 3.8) is 0 Å². The molecule has 0 aromatic heterocycles. The number of anilines is 1. The fourth-order valence-electron chi connectivity index (χ4n) is 2.18. The molecule has 96 valence electrons. The van der Waals surface area contributed by atoms with E-state index in [-0.39, 0.29) is 5.91 Å². The Morgan fingerprint density at radius 2 is 1.89 bits per heavy atom. The fourth-order valence-corrected chi connectivity index (χ4v) is 2.18. The number of nitrogens with one attached hydrogen (secondary N) is 1. The van der Waals surface area contributed by atoms with E-state index < -0.39 is 0 Å². The van der Waals surface area contributed by atoms with E-state index in [9.17, 15) is 4.79 Å². The summed E-state index contributed by atoms with van der Waals surface area (Å²) in [5.41, 5.74) is 9.34. The van der Waals surface area contributed by atoms with Crippen LogP contribution in [0.5, 0.6) is 0 Å². The van der Waals surface area contributed by atoms with Gasteiger partial charge in [-0.2, -0.15) is 5.10 Å². The van der Waals surface area contributed by atoms with Crippen LogP contribution in [0, 0.1) is 5.92 Å². The van der Waals surface area contributed by atoms with Crippen LogP contribution in [-0.4, -0.2) is 12.1 Å². The van der Waals surface area contributed by atoms with E-state index in [0.717, 1.165) is 0 Å². The molecule has 0 saturated heterocycles. The fraction of sp³-hybridized carbons (Fsp3) is 0.429. The molecule has 0 aliphatic heterocycles. The quantitative estimate of drug-likeness (QED) is 0.488. The van der Waals surface area contributed by atoms with Crippen molar-refractivity contribution in [3.8, 4) is 0 Å². The van der Waals surface area contributed by atoms with Crippen LogP contribution in [0.25, 0.3) is 0 Å². The molecule has 0 spiro atoms. The Morgan fingerprint density at radius 3 is 2.56 bits per heavy atom. The van der Waals surface area contributed by atoms with Gasteiger partial charge in [-0.15, -0.1) is 0 Å².